The predicted molar refractivity (Wildman–Crippen MR) is 109 cm³/mol. The van der Waals surface area contributed by atoms with Crippen molar-refractivity contribution in [2.75, 3.05) is 0 Å². The minimum Gasteiger partial charge on any atom is -0.360 e. The van der Waals surface area contributed by atoms with Crippen molar-refractivity contribution in [3.05, 3.63) is 71.7 Å². The zero-order chi connectivity index (χ0) is 18.9. The van der Waals surface area contributed by atoms with Crippen molar-refractivity contribution in [1.29, 1.82) is 0 Å². The quantitative estimate of drug-likeness (QED) is 0.477. The van der Waals surface area contributed by atoms with E-state index in [0.717, 1.165) is 28.3 Å². The second kappa shape index (κ2) is 7.09. The number of nitrogens with zero attached hydrogens (tertiary/aromatic N) is 4. The van der Waals surface area contributed by atoms with Crippen molar-refractivity contribution < 1.29 is 9.05 Å². The smallest absolute Gasteiger partial charge is 0.263 e. The molecule has 4 aromatic rings. The average molecular weight is 388 g/mol. The monoisotopic (exact) mass is 388 g/mol. The number of aryl methyl sites for hydroxylation is 1. The molecule has 0 saturated heterocycles. The van der Waals surface area contributed by atoms with Crippen molar-refractivity contribution in [3.8, 4) is 22.7 Å². The SMILES string of the molecule is Cc1onc(-c2ccccc2)c1-c1nc(CSC2=Nc3ccccc3C2)no1. The van der Waals surface area contributed by atoms with Crippen LogP contribution in [0.25, 0.3) is 22.7 Å². The number of aliphatic imine (C=N–C) groups is 1. The van der Waals surface area contributed by atoms with Crippen molar-refractivity contribution in [1.82, 2.24) is 15.3 Å². The highest BCUT2D eigenvalue weighted by Gasteiger charge is 2.22. The summed E-state index contributed by atoms with van der Waals surface area (Å²) in [7, 11) is 0. The molecule has 0 saturated carbocycles. The molecule has 0 amide bonds. The first-order chi connectivity index (χ1) is 13.8. The van der Waals surface area contributed by atoms with E-state index in [1.165, 1.54) is 5.56 Å². The number of para-hydroxylation sites is 1. The van der Waals surface area contributed by atoms with Crippen LogP contribution in [0.5, 0.6) is 0 Å². The standard InChI is InChI=1S/C21H16N4O2S/c1-13-19(20(25-26-13)14-7-3-2-4-8-14)21-23-17(24-27-21)12-28-18-11-15-9-5-6-10-16(15)22-18/h2-10H,11-12H2,1H3. The zero-order valence-electron chi connectivity index (χ0n) is 15.1. The molecule has 0 N–H and O–H groups in total. The Bertz CT molecular complexity index is 1160. The number of hydrogen-bond donors (Lipinski definition) is 0. The minimum atomic E-state index is 0.421. The molecular weight excluding hydrogens is 372 g/mol. The zero-order valence-corrected chi connectivity index (χ0v) is 15.9. The van der Waals surface area contributed by atoms with Gasteiger partial charge in [-0.1, -0.05) is 58.8 Å². The highest BCUT2D eigenvalue weighted by molar-refractivity contribution is 8.13. The molecule has 2 aromatic heterocycles. The van der Waals surface area contributed by atoms with Crippen molar-refractivity contribution in [2.24, 2.45) is 4.99 Å². The fraction of sp³-hybridized carbons (Fsp3) is 0.143. The van der Waals surface area contributed by atoms with E-state index < -0.39 is 0 Å². The molecule has 0 radical (unpaired) electrons. The van der Waals surface area contributed by atoms with Gasteiger partial charge in [-0.05, 0) is 18.6 Å². The Hall–Kier alpha value is -3.19. The van der Waals surface area contributed by atoms with Gasteiger partial charge < -0.3 is 9.05 Å². The van der Waals surface area contributed by atoms with Crippen LogP contribution in [-0.4, -0.2) is 20.3 Å². The van der Waals surface area contributed by atoms with E-state index in [4.69, 9.17) is 9.05 Å². The van der Waals surface area contributed by atoms with E-state index in [1.807, 2.05) is 55.5 Å². The summed E-state index contributed by atoms with van der Waals surface area (Å²) in [6.45, 7) is 1.85. The maximum atomic E-state index is 5.51. The third-order valence-corrected chi connectivity index (χ3v) is 5.51. The van der Waals surface area contributed by atoms with Crippen molar-refractivity contribution in [2.45, 2.75) is 19.1 Å². The van der Waals surface area contributed by atoms with Crippen molar-refractivity contribution in [3.63, 3.8) is 0 Å². The summed E-state index contributed by atoms with van der Waals surface area (Å²) in [4.78, 5) is 9.22. The summed E-state index contributed by atoms with van der Waals surface area (Å²) in [5, 5.41) is 9.37. The van der Waals surface area contributed by atoms with Crippen LogP contribution in [-0.2, 0) is 12.2 Å². The molecule has 0 spiro atoms. The number of fused-ring (bicyclic) bond motifs is 1. The van der Waals surface area contributed by atoms with Gasteiger partial charge >= 0.3 is 0 Å². The lowest BCUT2D eigenvalue weighted by Crippen LogP contribution is -1.94. The molecule has 7 heteroatoms. The van der Waals surface area contributed by atoms with Crippen LogP contribution in [0, 0.1) is 6.92 Å². The third-order valence-electron chi connectivity index (χ3n) is 4.54. The van der Waals surface area contributed by atoms with E-state index in [9.17, 15) is 0 Å². The number of rotatable bonds is 4. The molecule has 3 heterocycles. The van der Waals surface area contributed by atoms with Gasteiger partial charge in [0.1, 0.15) is 17.0 Å². The van der Waals surface area contributed by atoms with Crippen LogP contribution < -0.4 is 0 Å². The van der Waals surface area contributed by atoms with Crippen LogP contribution >= 0.6 is 11.8 Å². The summed E-state index contributed by atoms with van der Waals surface area (Å²) in [5.41, 5.74) is 4.69. The predicted octanol–water partition coefficient (Wildman–Crippen LogP) is 5.22. The number of thioether (sulfide) groups is 1. The van der Waals surface area contributed by atoms with Crippen LogP contribution in [0.1, 0.15) is 17.1 Å². The fourth-order valence-corrected chi connectivity index (χ4v) is 4.00. The molecular formula is C21H16N4O2S. The normalized spacial score (nSPS) is 12.8. The summed E-state index contributed by atoms with van der Waals surface area (Å²) < 4.78 is 10.9. The molecule has 0 fully saturated rings. The second-order valence-electron chi connectivity index (χ2n) is 6.44. The van der Waals surface area contributed by atoms with Crippen molar-refractivity contribution >= 4 is 22.5 Å². The van der Waals surface area contributed by atoms with Crippen LogP contribution in [0.4, 0.5) is 5.69 Å². The summed E-state index contributed by atoms with van der Waals surface area (Å²) in [6.07, 6.45) is 0.856. The van der Waals surface area contributed by atoms with Gasteiger partial charge in [-0.15, -0.1) is 11.8 Å². The van der Waals surface area contributed by atoms with E-state index in [2.05, 4.69) is 26.4 Å². The molecule has 5 rings (SSSR count). The van der Waals surface area contributed by atoms with Crippen LogP contribution in [0.3, 0.4) is 0 Å². The van der Waals surface area contributed by atoms with E-state index in [-0.39, 0.29) is 0 Å². The van der Waals surface area contributed by atoms with Crippen LogP contribution in [0.15, 0.2) is 68.6 Å². The Morgan fingerprint density at radius 1 is 0.964 bits per heavy atom. The average Bonchev–Trinajstić information content (AvgIpc) is 3.44. The molecule has 0 atom stereocenters. The van der Waals surface area contributed by atoms with Gasteiger partial charge in [0, 0.05) is 12.0 Å². The largest absolute Gasteiger partial charge is 0.360 e. The first kappa shape index (κ1) is 16.9. The highest BCUT2D eigenvalue weighted by Crippen LogP contribution is 2.34. The molecule has 0 aliphatic carbocycles. The number of hydrogen-bond acceptors (Lipinski definition) is 7. The van der Waals surface area contributed by atoms with Gasteiger partial charge in [-0.25, -0.2) is 4.99 Å². The first-order valence-corrected chi connectivity index (χ1v) is 9.89. The lowest BCUT2D eigenvalue weighted by atomic mass is 10.1. The number of aromatic nitrogens is 3. The Morgan fingerprint density at radius 2 is 1.79 bits per heavy atom. The molecule has 1 aliphatic heterocycles. The van der Waals surface area contributed by atoms with Gasteiger partial charge in [0.2, 0.25) is 0 Å². The van der Waals surface area contributed by atoms with Gasteiger partial charge in [-0.2, -0.15) is 4.98 Å². The molecule has 2 aromatic carbocycles. The molecule has 0 unspecified atom stereocenters. The fourth-order valence-electron chi connectivity index (χ4n) is 3.17. The molecule has 0 bridgehead atoms. The molecule has 28 heavy (non-hydrogen) atoms. The summed E-state index contributed by atoms with van der Waals surface area (Å²) in [6, 6.07) is 18.0. The van der Waals surface area contributed by atoms with Crippen LogP contribution in [0.2, 0.25) is 0 Å². The maximum absolute atomic E-state index is 5.51. The third kappa shape index (κ3) is 3.14. The molecule has 6 nitrogen and oxygen atoms in total. The Balaban J connectivity index is 1.35. The van der Waals surface area contributed by atoms with Gasteiger partial charge in [-0.3, -0.25) is 0 Å². The van der Waals surface area contributed by atoms with E-state index >= 15 is 0 Å². The lowest BCUT2D eigenvalue weighted by molar-refractivity contribution is 0.397. The lowest BCUT2D eigenvalue weighted by Gasteiger charge is -1.97. The van der Waals surface area contributed by atoms with Gasteiger partial charge in [0.05, 0.1) is 16.5 Å². The van der Waals surface area contributed by atoms with Gasteiger partial charge in [0.15, 0.2) is 5.82 Å². The highest BCUT2D eigenvalue weighted by atomic mass is 32.2. The molecule has 138 valence electrons. The van der Waals surface area contributed by atoms with E-state index in [1.54, 1.807) is 11.8 Å². The maximum Gasteiger partial charge on any atom is 0.263 e. The minimum absolute atomic E-state index is 0.421. The summed E-state index contributed by atoms with van der Waals surface area (Å²) >= 11 is 1.64. The molecule has 1 aliphatic rings. The topological polar surface area (TPSA) is 77.3 Å². The Kier molecular flexibility index (Phi) is 4.29. The Labute approximate surface area is 165 Å². The van der Waals surface area contributed by atoms with E-state index in [0.29, 0.717) is 28.9 Å². The first-order valence-electron chi connectivity index (χ1n) is 8.91. The Morgan fingerprint density at radius 3 is 2.64 bits per heavy atom. The number of benzene rings is 2. The summed E-state index contributed by atoms with van der Waals surface area (Å²) in [5.74, 6) is 2.29. The second-order valence-corrected chi connectivity index (χ2v) is 7.49. The van der Waals surface area contributed by atoms with Gasteiger partial charge in [0.25, 0.3) is 5.89 Å².